The molecule has 1 fully saturated rings. The molecule has 0 bridgehead atoms. The molecule has 1 saturated heterocycles. The van der Waals surface area contributed by atoms with Crippen LogP contribution in [0, 0.1) is 11.6 Å². The predicted octanol–water partition coefficient (Wildman–Crippen LogP) is 1.71. The van der Waals surface area contributed by atoms with Gasteiger partial charge in [0.2, 0.25) is 0 Å². The van der Waals surface area contributed by atoms with E-state index in [1.807, 2.05) is 14.1 Å². The molecule has 1 amide bonds. The Kier molecular flexibility index (Phi) is 4.23. The zero-order valence-electron chi connectivity index (χ0n) is 11.7. The summed E-state index contributed by atoms with van der Waals surface area (Å²) in [6, 6.07) is 2.27. The molecule has 110 valence electrons. The van der Waals surface area contributed by atoms with E-state index in [1.54, 1.807) is 4.90 Å². The number of hydrogen-bond acceptors (Lipinski definition) is 3. The van der Waals surface area contributed by atoms with Crippen LogP contribution >= 0.6 is 0 Å². The fraction of sp³-hybridized carbons (Fsp3) is 0.500. The number of anilines is 1. The lowest BCUT2D eigenvalue weighted by Crippen LogP contribution is -2.47. The molecule has 0 radical (unpaired) electrons. The number of nitrogens with zero attached hydrogens (tertiary/aromatic N) is 2. The van der Waals surface area contributed by atoms with Crippen LogP contribution < -0.4 is 5.73 Å². The van der Waals surface area contributed by atoms with Gasteiger partial charge in [-0.25, -0.2) is 8.78 Å². The maximum atomic E-state index is 13.4. The molecule has 1 unspecified atom stereocenters. The second-order valence-electron chi connectivity index (χ2n) is 5.36. The average Bonchev–Trinajstić information content (AvgIpc) is 2.43. The number of halogens is 2. The highest BCUT2D eigenvalue weighted by Gasteiger charge is 2.26. The molecule has 1 aromatic rings. The molecule has 2 rings (SSSR count). The molecule has 1 aromatic carbocycles. The van der Waals surface area contributed by atoms with Crippen molar-refractivity contribution in [1.82, 2.24) is 9.80 Å². The summed E-state index contributed by atoms with van der Waals surface area (Å²) in [5.74, 6) is -2.14. The van der Waals surface area contributed by atoms with Gasteiger partial charge in [0.25, 0.3) is 5.91 Å². The third-order valence-electron chi connectivity index (χ3n) is 3.74. The Balaban J connectivity index is 2.19. The topological polar surface area (TPSA) is 49.6 Å². The first-order valence-electron chi connectivity index (χ1n) is 6.60. The molecule has 1 heterocycles. The molecule has 1 atom stereocenters. The molecule has 0 spiro atoms. The summed E-state index contributed by atoms with van der Waals surface area (Å²) in [5.41, 5.74) is 4.67. The Morgan fingerprint density at radius 1 is 1.35 bits per heavy atom. The summed E-state index contributed by atoms with van der Waals surface area (Å²) in [6.45, 7) is 1.18. The van der Waals surface area contributed by atoms with Gasteiger partial charge in [0.15, 0.2) is 0 Å². The van der Waals surface area contributed by atoms with E-state index in [2.05, 4.69) is 4.90 Å². The number of carbonyl (C=O) groups is 1. The predicted molar refractivity (Wildman–Crippen MR) is 73.4 cm³/mol. The van der Waals surface area contributed by atoms with Crippen LogP contribution in [0.4, 0.5) is 14.5 Å². The summed E-state index contributed by atoms with van der Waals surface area (Å²) in [4.78, 5) is 16.0. The lowest BCUT2D eigenvalue weighted by atomic mass is 10.0. The first-order valence-corrected chi connectivity index (χ1v) is 6.60. The minimum absolute atomic E-state index is 0.00797. The number of piperidine rings is 1. The van der Waals surface area contributed by atoms with Crippen LogP contribution in [0.15, 0.2) is 12.1 Å². The Morgan fingerprint density at radius 2 is 1.95 bits per heavy atom. The maximum absolute atomic E-state index is 13.4. The first kappa shape index (κ1) is 14.7. The number of nitrogens with two attached hydrogens (primary N) is 1. The minimum Gasteiger partial charge on any atom is -0.394 e. The SMILES string of the molecule is CN(C)C1CCCN(C(=O)c2cc(F)c(N)c(F)c2)C1. The number of hydrogen-bond donors (Lipinski definition) is 1. The number of carbonyl (C=O) groups excluding carboxylic acids is 1. The van der Waals surface area contributed by atoms with E-state index in [4.69, 9.17) is 5.73 Å². The van der Waals surface area contributed by atoms with Crippen molar-refractivity contribution < 1.29 is 13.6 Å². The van der Waals surface area contributed by atoms with Crippen LogP contribution in [-0.4, -0.2) is 48.9 Å². The molecule has 0 aromatic heterocycles. The van der Waals surface area contributed by atoms with E-state index >= 15 is 0 Å². The van der Waals surface area contributed by atoms with Crippen LogP contribution in [0.25, 0.3) is 0 Å². The standard InChI is InChI=1S/C14H19F2N3O/c1-18(2)10-4-3-5-19(8-10)14(20)9-6-11(15)13(17)12(16)7-9/h6-7,10H,3-5,8,17H2,1-2H3. The fourth-order valence-corrected chi connectivity index (χ4v) is 2.45. The zero-order valence-corrected chi connectivity index (χ0v) is 11.7. The molecular formula is C14H19F2N3O. The molecule has 20 heavy (non-hydrogen) atoms. The Labute approximate surface area is 117 Å². The van der Waals surface area contributed by atoms with Crippen molar-refractivity contribution in [2.75, 3.05) is 32.9 Å². The first-order chi connectivity index (χ1) is 9.40. The number of benzene rings is 1. The van der Waals surface area contributed by atoms with Gasteiger partial charge in [-0.2, -0.15) is 0 Å². The van der Waals surface area contributed by atoms with Crippen LogP contribution in [0.1, 0.15) is 23.2 Å². The van der Waals surface area contributed by atoms with Crippen LogP contribution in [-0.2, 0) is 0 Å². The largest absolute Gasteiger partial charge is 0.394 e. The minimum atomic E-state index is -0.894. The lowest BCUT2D eigenvalue weighted by Gasteiger charge is -2.36. The van der Waals surface area contributed by atoms with Crippen molar-refractivity contribution in [3.8, 4) is 0 Å². The Bertz CT molecular complexity index is 496. The van der Waals surface area contributed by atoms with Crippen molar-refractivity contribution in [3.05, 3.63) is 29.3 Å². The van der Waals surface area contributed by atoms with Crippen molar-refractivity contribution in [2.24, 2.45) is 0 Å². The molecule has 2 N–H and O–H groups in total. The average molecular weight is 283 g/mol. The molecule has 0 saturated carbocycles. The molecule has 6 heteroatoms. The number of rotatable bonds is 2. The fourth-order valence-electron chi connectivity index (χ4n) is 2.45. The Hall–Kier alpha value is -1.69. The summed E-state index contributed by atoms with van der Waals surface area (Å²) in [6.07, 6.45) is 1.90. The second kappa shape index (κ2) is 5.75. The van der Waals surface area contributed by atoms with Gasteiger partial charge >= 0.3 is 0 Å². The number of likely N-dealkylation sites (tertiary alicyclic amines) is 1. The smallest absolute Gasteiger partial charge is 0.254 e. The highest BCUT2D eigenvalue weighted by atomic mass is 19.1. The highest BCUT2D eigenvalue weighted by Crippen LogP contribution is 2.21. The van der Waals surface area contributed by atoms with Gasteiger partial charge in [0.05, 0.1) is 0 Å². The normalized spacial score (nSPS) is 19.4. The van der Waals surface area contributed by atoms with E-state index in [9.17, 15) is 13.6 Å². The van der Waals surface area contributed by atoms with E-state index in [0.717, 1.165) is 25.0 Å². The van der Waals surface area contributed by atoms with Crippen molar-refractivity contribution in [3.63, 3.8) is 0 Å². The van der Waals surface area contributed by atoms with Crippen molar-refractivity contribution >= 4 is 11.6 Å². The van der Waals surface area contributed by atoms with Crippen LogP contribution in [0.2, 0.25) is 0 Å². The van der Waals surface area contributed by atoms with Crippen LogP contribution in [0.3, 0.4) is 0 Å². The third kappa shape index (κ3) is 2.90. The monoisotopic (exact) mass is 283 g/mol. The summed E-state index contributed by atoms with van der Waals surface area (Å²) in [7, 11) is 3.92. The number of amides is 1. The molecule has 1 aliphatic heterocycles. The van der Waals surface area contributed by atoms with Gasteiger partial charge < -0.3 is 15.5 Å². The van der Waals surface area contributed by atoms with Crippen molar-refractivity contribution in [1.29, 1.82) is 0 Å². The van der Waals surface area contributed by atoms with E-state index < -0.39 is 17.3 Å². The van der Waals surface area contributed by atoms with E-state index in [0.29, 0.717) is 13.1 Å². The summed E-state index contributed by atoms with van der Waals surface area (Å²) in [5, 5.41) is 0. The summed E-state index contributed by atoms with van der Waals surface area (Å²) < 4.78 is 26.9. The van der Waals surface area contributed by atoms with E-state index in [-0.39, 0.29) is 17.5 Å². The molecule has 1 aliphatic rings. The van der Waals surface area contributed by atoms with Gasteiger partial charge in [-0.3, -0.25) is 4.79 Å². The van der Waals surface area contributed by atoms with Gasteiger partial charge in [-0.15, -0.1) is 0 Å². The third-order valence-corrected chi connectivity index (χ3v) is 3.74. The lowest BCUT2D eigenvalue weighted by molar-refractivity contribution is 0.0634. The van der Waals surface area contributed by atoms with E-state index in [1.165, 1.54) is 0 Å². The molecule has 4 nitrogen and oxygen atoms in total. The van der Waals surface area contributed by atoms with Gasteiger partial charge in [-0.05, 0) is 39.1 Å². The quantitative estimate of drug-likeness (QED) is 0.841. The number of likely N-dealkylation sites (N-methyl/N-ethyl adjacent to an activating group) is 1. The second-order valence-corrected chi connectivity index (χ2v) is 5.36. The Morgan fingerprint density at radius 3 is 2.50 bits per heavy atom. The maximum Gasteiger partial charge on any atom is 0.254 e. The highest BCUT2D eigenvalue weighted by molar-refractivity contribution is 5.94. The zero-order chi connectivity index (χ0) is 14.9. The van der Waals surface area contributed by atoms with Gasteiger partial charge in [0.1, 0.15) is 17.3 Å². The van der Waals surface area contributed by atoms with Crippen molar-refractivity contribution in [2.45, 2.75) is 18.9 Å². The summed E-state index contributed by atoms with van der Waals surface area (Å²) >= 11 is 0. The molecular weight excluding hydrogens is 264 g/mol. The molecule has 0 aliphatic carbocycles. The van der Waals surface area contributed by atoms with Crippen LogP contribution in [0.5, 0.6) is 0 Å². The number of nitrogen functional groups attached to an aromatic ring is 1. The van der Waals surface area contributed by atoms with Gasteiger partial charge in [-0.1, -0.05) is 0 Å². The van der Waals surface area contributed by atoms with Gasteiger partial charge in [0, 0.05) is 24.7 Å².